The van der Waals surface area contributed by atoms with Gasteiger partial charge in [-0.2, -0.15) is 5.26 Å². The lowest BCUT2D eigenvalue weighted by Gasteiger charge is -2.28. The maximum atomic E-state index is 15.1. The number of nitrogens with zero attached hydrogens (tertiary/aromatic N) is 6. The van der Waals surface area contributed by atoms with Gasteiger partial charge in [-0.25, -0.2) is 13.9 Å². The van der Waals surface area contributed by atoms with E-state index in [4.69, 9.17) is 14.6 Å². The normalized spacial score (nSPS) is 20.0. The molecule has 10 nitrogen and oxygen atoms in total. The van der Waals surface area contributed by atoms with Gasteiger partial charge in [-0.1, -0.05) is 6.58 Å². The fourth-order valence-electron chi connectivity index (χ4n) is 4.06. The predicted octanol–water partition coefficient (Wildman–Crippen LogP) is 2.05. The molecule has 34 heavy (non-hydrogen) atoms. The molecule has 2 fully saturated rings. The summed E-state index contributed by atoms with van der Waals surface area (Å²) in [5, 5.41) is 20.4. The van der Waals surface area contributed by atoms with E-state index in [2.05, 4.69) is 38.2 Å². The molecule has 0 saturated carbocycles. The van der Waals surface area contributed by atoms with E-state index in [-0.39, 0.29) is 18.2 Å². The number of allylic oxidation sites excluding steroid dienone is 2. The number of imidazole rings is 1. The van der Waals surface area contributed by atoms with Gasteiger partial charge >= 0.3 is 0 Å². The molecule has 4 heterocycles. The van der Waals surface area contributed by atoms with Crippen molar-refractivity contribution in [3.8, 4) is 11.8 Å². The van der Waals surface area contributed by atoms with Gasteiger partial charge in [-0.15, -0.1) is 5.10 Å². The molecule has 11 heteroatoms. The molecule has 4 rings (SSSR count). The first-order chi connectivity index (χ1) is 16.6. The average Bonchev–Trinajstić information content (AvgIpc) is 3.29. The second kappa shape index (κ2) is 11.1. The van der Waals surface area contributed by atoms with Crippen molar-refractivity contribution in [2.75, 3.05) is 51.4 Å². The third-order valence-electron chi connectivity index (χ3n) is 5.77. The summed E-state index contributed by atoms with van der Waals surface area (Å²) in [5.74, 6) is 0.987. The van der Waals surface area contributed by atoms with E-state index in [1.54, 1.807) is 17.7 Å². The molecule has 2 aliphatic rings. The fourth-order valence-corrected chi connectivity index (χ4v) is 4.06. The van der Waals surface area contributed by atoms with Crippen LogP contribution in [0.2, 0.25) is 0 Å². The van der Waals surface area contributed by atoms with Crippen LogP contribution >= 0.6 is 0 Å². The summed E-state index contributed by atoms with van der Waals surface area (Å²) >= 11 is 0. The van der Waals surface area contributed by atoms with Gasteiger partial charge in [0.1, 0.15) is 23.1 Å². The van der Waals surface area contributed by atoms with E-state index < -0.39 is 5.83 Å². The zero-order valence-electron chi connectivity index (χ0n) is 19.3. The number of nitriles is 1. The summed E-state index contributed by atoms with van der Waals surface area (Å²) in [6.45, 7) is 7.74. The monoisotopic (exact) mass is 468 g/mol. The summed E-state index contributed by atoms with van der Waals surface area (Å²) in [6, 6.07) is 3.90. The van der Waals surface area contributed by atoms with Crippen LogP contribution in [0, 0.1) is 11.3 Å². The van der Waals surface area contributed by atoms with Crippen LogP contribution in [0.3, 0.4) is 0 Å². The van der Waals surface area contributed by atoms with Gasteiger partial charge in [0.05, 0.1) is 45.1 Å². The number of hydrogen-bond acceptors (Lipinski definition) is 8. The third-order valence-corrected chi connectivity index (χ3v) is 5.77. The van der Waals surface area contributed by atoms with Crippen LogP contribution < -0.4 is 20.3 Å². The van der Waals surface area contributed by atoms with E-state index in [0.717, 1.165) is 32.0 Å². The van der Waals surface area contributed by atoms with Gasteiger partial charge in [0, 0.05) is 25.7 Å². The Kier molecular flexibility index (Phi) is 7.72. The maximum Gasteiger partial charge on any atom is 0.192 e. The van der Waals surface area contributed by atoms with Crippen LogP contribution in [0.5, 0.6) is 5.75 Å². The van der Waals surface area contributed by atoms with Crippen LogP contribution in [-0.2, 0) is 4.74 Å². The van der Waals surface area contributed by atoms with Crippen LogP contribution in [-0.4, -0.2) is 73.0 Å². The Morgan fingerprint density at radius 1 is 1.50 bits per heavy atom. The van der Waals surface area contributed by atoms with Crippen molar-refractivity contribution in [2.24, 2.45) is 4.99 Å². The molecule has 1 unspecified atom stereocenters. The number of aromatic nitrogens is 3. The fraction of sp³-hybridized carbons (Fsp3) is 0.478. The minimum Gasteiger partial charge on any atom is -0.493 e. The Balaban J connectivity index is 1.74. The van der Waals surface area contributed by atoms with Crippen molar-refractivity contribution < 1.29 is 13.9 Å². The molecule has 2 aromatic heterocycles. The first-order valence-electron chi connectivity index (χ1n) is 11.3. The molecular formula is C23H29FN8O2. The van der Waals surface area contributed by atoms with E-state index in [9.17, 15) is 5.26 Å². The van der Waals surface area contributed by atoms with Crippen molar-refractivity contribution in [1.29, 1.82) is 5.26 Å². The number of amidine groups is 1. The highest BCUT2D eigenvalue weighted by molar-refractivity contribution is 5.92. The largest absolute Gasteiger partial charge is 0.493 e. The molecule has 2 saturated heterocycles. The van der Waals surface area contributed by atoms with Gasteiger partial charge in [0.2, 0.25) is 0 Å². The standard InChI is InChI=1S/C23H29FN8O2/c1-3-17(24)22(29-20(6-7-25)28-16-5-4-8-26-14-16)18-15-27-21-13-19(33-2)23(30-32(18)21)31-9-11-34-12-10-31/h3,13,15-16,26H,1,4-6,8-12,14H2,2H3,(H,28,29)/b22-17+. The second-order valence-corrected chi connectivity index (χ2v) is 8.01. The lowest BCUT2D eigenvalue weighted by atomic mass is 10.1. The summed E-state index contributed by atoms with van der Waals surface area (Å²) in [7, 11) is 1.58. The van der Waals surface area contributed by atoms with Crippen molar-refractivity contribution in [1.82, 2.24) is 25.2 Å². The van der Waals surface area contributed by atoms with Gasteiger partial charge < -0.3 is 25.0 Å². The van der Waals surface area contributed by atoms with Crippen molar-refractivity contribution >= 4 is 23.0 Å². The quantitative estimate of drug-likeness (QED) is 0.361. The lowest BCUT2D eigenvalue weighted by molar-refractivity contribution is 0.122. The first kappa shape index (κ1) is 23.7. The summed E-state index contributed by atoms with van der Waals surface area (Å²) < 4.78 is 27.7. The number of piperidine rings is 1. The van der Waals surface area contributed by atoms with Crippen molar-refractivity contribution in [2.45, 2.75) is 25.3 Å². The van der Waals surface area contributed by atoms with Crippen LogP contribution in [0.1, 0.15) is 25.0 Å². The van der Waals surface area contributed by atoms with Gasteiger partial charge in [-0.3, -0.25) is 4.99 Å². The van der Waals surface area contributed by atoms with Crippen LogP contribution in [0.25, 0.3) is 11.3 Å². The highest BCUT2D eigenvalue weighted by Crippen LogP contribution is 2.29. The minimum absolute atomic E-state index is 0.0153. The van der Waals surface area contributed by atoms with Crippen molar-refractivity contribution in [3.63, 3.8) is 0 Å². The topological polar surface area (TPSA) is 112 Å². The molecule has 2 aromatic rings. The van der Waals surface area contributed by atoms with Gasteiger partial charge in [0.15, 0.2) is 17.2 Å². The van der Waals surface area contributed by atoms with Crippen LogP contribution in [0.15, 0.2) is 35.7 Å². The zero-order valence-corrected chi connectivity index (χ0v) is 19.3. The molecule has 0 amide bonds. The minimum atomic E-state index is -0.597. The molecule has 0 radical (unpaired) electrons. The average molecular weight is 469 g/mol. The maximum absolute atomic E-state index is 15.1. The second-order valence-electron chi connectivity index (χ2n) is 8.01. The highest BCUT2D eigenvalue weighted by Gasteiger charge is 2.22. The number of morpholine rings is 1. The van der Waals surface area contributed by atoms with Crippen molar-refractivity contribution in [3.05, 3.63) is 36.4 Å². The smallest absolute Gasteiger partial charge is 0.192 e. The third kappa shape index (κ3) is 5.18. The summed E-state index contributed by atoms with van der Waals surface area (Å²) in [5.41, 5.74) is 0.984. The predicted molar refractivity (Wildman–Crippen MR) is 127 cm³/mol. The number of nitrogens with one attached hydrogen (secondary N) is 2. The summed E-state index contributed by atoms with van der Waals surface area (Å²) in [4.78, 5) is 11.2. The first-order valence-corrected chi connectivity index (χ1v) is 11.3. The van der Waals surface area contributed by atoms with E-state index >= 15 is 4.39 Å². The number of hydrogen-bond donors (Lipinski definition) is 2. The molecular weight excluding hydrogens is 439 g/mol. The van der Waals surface area contributed by atoms with E-state index in [0.29, 0.717) is 55.0 Å². The van der Waals surface area contributed by atoms with E-state index in [1.165, 1.54) is 6.20 Å². The molecule has 2 N–H and O–H groups in total. The molecule has 0 aliphatic carbocycles. The molecule has 1 atom stereocenters. The van der Waals surface area contributed by atoms with E-state index in [1.807, 2.05) is 0 Å². The Morgan fingerprint density at radius 2 is 2.32 bits per heavy atom. The SMILES string of the molecule is C=C/C(F)=C(\NC(CC#N)=NC1CCCNC1)c1cnc2cc(OC)c(N3CCOCC3)nn12. The Morgan fingerprint density at radius 3 is 3.00 bits per heavy atom. The number of halogens is 1. The summed E-state index contributed by atoms with van der Waals surface area (Å²) in [6.07, 6.45) is 4.57. The zero-order chi connectivity index (χ0) is 23.9. The number of methoxy groups -OCH3 is 1. The van der Waals surface area contributed by atoms with Crippen LogP contribution in [0.4, 0.5) is 10.2 Å². The Bertz CT molecular complexity index is 1120. The molecule has 2 aliphatic heterocycles. The number of anilines is 1. The Hall–Kier alpha value is -3.49. The lowest BCUT2D eigenvalue weighted by Crippen LogP contribution is -2.37. The molecule has 0 aromatic carbocycles. The molecule has 180 valence electrons. The molecule has 0 spiro atoms. The number of rotatable bonds is 7. The van der Waals surface area contributed by atoms with Gasteiger partial charge in [-0.05, 0) is 25.5 Å². The highest BCUT2D eigenvalue weighted by atomic mass is 19.1. The Labute approximate surface area is 197 Å². The number of fused-ring (bicyclic) bond motifs is 1. The number of aliphatic imine (C=N–C) groups is 1. The number of ether oxygens (including phenoxy) is 2. The molecule has 0 bridgehead atoms. The van der Waals surface area contributed by atoms with Gasteiger partial charge in [0.25, 0.3) is 0 Å².